The topological polar surface area (TPSA) is 55.1 Å². The third kappa shape index (κ3) is 2.52. The highest BCUT2D eigenvalue weighted by Gasteiger charge is 2.19. The minimum Gasteiger partial charge on any atom is -0.478 e. The van der Waals surface area contributed by atoms with Crippen LogP contribution in [0.5, 0.6) is 0 Å². The van der Waals surface area contributed by atoms with Gasteiger partial charge in [0.2, 0.25) is 0 Å². The third-order valence-corrected chi connectivity index (χ3v) is 3.13. The molecule has 4 nitrogen and oxygen atoms in total. The van der Waals surface area contributed by atoms with Crippen molar-refractivity contribution >= 4 is 5.97 Å². The van der Waals surface area contributed by atoms with Crippen molar-refractivity contribution < 1.29 is 9.90 Å². The first-order valence-corrected chi connectivity index (χ1v) is 6.30. The smallest absolute Gasteiger partial charge is 0.339 e. The van der Waals surface area contributed by atoms with Gasteiger partial charge in [0.15, 0.2) is 0 Å². The second-order valence-corrected chi connectivity index (χ2v) is 5.12. The number of hydrogen-bond donors (Lipinski definition) is 1. The van der Waals surface area contributed by atoms with Crippen LogP contribution in [-0.4, -0.2) is 20.9 Å². The van der Waals surface area contributed by atoms with Crippen LogP contribution >= 0.6 is 0 Å². The molecule has 0 bridgehead atoms. The van der Waals surface area contributed by atoms with Gasteiger partial charge in [0.05, 0.1) is 11.4 Å². The van der Waals surface area contributed by atoms with E-state index >= 15 is 0 Å². The molecule has 1 N–H and O–H groups in total. The lowest BCUT2D eigenvalue weighted by Crippen LogP contribution is -2.01. The van der Waals surface area contributed by atoms with Crippen molar-refractivity contribution in [3.8, 4) is 5.69 Å². The molecule has 0 amide bonds. The van der Waals surface area contributed by atoms with E-state index in [1.165, 1.54) is 0 Å². The molecule has 1 heterocycles. The number of nitrogens with zero attached hydrogens (tertiary/aromatic N) is 2. The minimum absolute atomic E-state index is 0.0810. The Bertz CT molecular complexity index is 627. The summed E-state index contributed by atoms with van der Waals surface area (Å²) in [5.41, 5.74) is 4.01. The van der Waals surface area contributed by atoms with E-state index in [0.717, 1.165) is 16.8 Å². The second kappa shape index (κ2) is 4.88. The Morgan fingerprint density at radius 1 is 1.32 bits per heavy atom. The summed E-state index contributed by atoms with van der Waals surface area (Å²) in [4.78, 5) is 11.3. The lowest BCUT2D eigenvalue weighted by atomic mass is 10.1. The van der Waals surface area contributed by atoms with Crippen molar-refractivity contribution in [3.05, 3.63) is 46.8 Å². The second-order valence-electron chi connectivity index (χ2n) is 5.12. The molecule has 0 fully saturated rings. The summed E-state index contributed by atoms with van der Waals surface area (Å²) in [5.74, 6) is -0.849. The average molecular weight is 258 g/mol. The van der Waals surface area contributed by atoms with Gasteiger partial charge in [-0.2, -0.15) is 5.10 Å². The Balaban J connectivity index is 2.60. The Morgan fingerprint density at radius 2 is 2.00 bits per heavy atom. The van der Waals surface area contributed by atoms with Gasteiger partial charge >= 0.3 is 5.97 Å². The summed E-state index contributed by atoms with van der Waals surface area (Å²) in [6, 6.07) is 6.06. The van der Waals surface area contributed by atoms with Crippen molar-refractivity contribution in [2.75, 3.05) is 0 Å². The molecule has 4 heteroatoms. The molecule has 100 valence electrons. The van der Waals surface area contributed by atoms with Gasteiger partial charge in [-0.25, -0.2) is 9.48 Å². The highest BCUT2D eigenvalue weighted by Crippen LogP contribution is 2.22. The fourth-order valence-corrected chi connectivity index (χ4v) is 2.07. The average Bonchev–Trinajstić information content (AvgIpc) is 2.77. The van der Waals surface area contributed by atoms with Gasteiger partial charge in [0, 0.05) is 6.20 Å². The van der Waals surface area contributed by atoms with Crippen LogP contribution in [0, 0.1) is 13.8 Å². The molecule has 0 aliphatic rings. The van der Waals surface area contributed by atoms with Crippen molar-refractivity contribution in [2.45, 2.75) is 33.6 Å². The molecular formula is C15H18N2O2. The van der Waals surface area contributed by atoms with Gasteiger partial charge in [0.25, 0.3) is 0 Å². The third-order valence-electron chi connectivity index (χ3n) is 3.13. The molecule has 0 atom stereocenters. The number of hydrogen-bond acceptors (Lipinski definition) is 2. The highest BCUT2D eigenvalue weighted by molar-refractivity contribution is 5.89. The van der Waals surface area contributed by atoms with Gasteiger partial charge in [-0.1, -0.05) is 26.0 Å². The lowest BCUT2D eigenvalue weighted by Gasteiger charge is -2.07. The first kappa shape index (κ1) is 13.3. The van der Waals surface area contributed by atoms with Crippen molar-refractivity contribution in [1.29, 1.82) is 0 Å². The molecule has 2 rings (SSSR count). The summed E-state index contributed by atoms with van der Waals surface area (Å²) in [6.07, 6.45) is 1.60. The zero-order valence-electron chi connectivity index (χ0n) is 11.6. The van der Waals surface area contributed by atoms with Crippen molar-refractivity contribution in [3.63, 3.8) is 0 Å². The fourth-order valence-electron chi connectivity index (χ4n) is 2.07. The van der Waals surface area contributed by atoms with Crippen LogP contribution in [0.4, 0.5) is 0 Å². The number of benzene rings is 1. The van der Waals surface area contributed by atoms with Gasteiger partial charge in [-0.3, -0.25) is 0 Å². The van der Waals surface area contributed by atoms with E-state index < -0.39 is 5.97 Å². The van der Waals surface area contributed by atoms with Crippen LogP contribution in [0.1, 0.15) is 46.9 Å². The van der Waals surface area contributed by atoms with Crippen molar-refractivity contribution in [2.24, 2.45) is 0 Å². The molecular weight excluding hydrogens is 240 g/mol. The van der Waals surface area contributed by atoms with Gasteiger partial charge in [-0.05, 0) is 37.0 Å². The minimum atomic E-state index is -0.930. The highest BCUT2D eigenvalue weighted by atomic mass is 16.4. The predicted octanol–water partition coefficient (Wildman–Crippen LogP) is 3.31. The summed E-state index contributed by atoms with van der Waals surface area (Å²) in [5, 5.41) is 13.7. The number of aromatic nitrogens is 2. The number of rotatable bonds is 3. The fraction of sp³-hybridized carbons (Fsp3) is 0.333. The van der Waals surface area contributed by atoms with E-state index in [1.54, 1.807) is 10.9 Å². The Labute approximate surface area is 112 Å². The molecule has 0 aliphatic carbocycles. The van der Waals surface area contributed by atoms with Crippen LogP contribution in [0.2, 0.25) is 0 Å². The molecule has 1 aromatic carbocycles. The molecule has 0 unspecified atom stereocenters. The number of aromatic carboxylic acids is 1. The first-order chi connectivity index (χ1) is 8.90. The summed E-state index contributed by atoms with van der Waals surface area (Å²) >= 11 is 0. The lowest BCUT2D eigenvalue weighted by molar-refractivity contribution is 0.0695. The van der Waals surface area contributed by atoms with E-state index in [0.29, 0.717) is 5.69 Å². The summed E-state index contributed by atoms with van der Waals surface area (Å²) < 4.78 is 1.67. The van der Waals surface area contributed by atoms with Crippen LogP contribution in [0.3, 0.4) is 0 Å². The quantitative estimate of drug-likeness (QED) is 0.918. The largest absolute Gasteiger partial charge is 0.478 e. The Kier molecular flexibility index (Phi) is 3.42. The van der Waals surface area contributed by atoms with Crippen LogP contribution in [0.25, 0.3) is 5.69 Å². The number of aryl methyl sites for hydroxylation is 2. The van der Waals surface area contributed by atoms with E-state index in [2.05, 4.69) is 5.10 Å². The number of carboxylic acid groups (broad SMARTS) is 1. The normalized spacial score (nSPS) is 11.0. The predicted molar refractivity (Wildman–Crippen MR) is 74.1 cm³/mol. The van der Waals surface area contributed by atoms with E-state index in [4.69, 9.17) is 0 Å². The van der Waals surface area contributed by atoms with E-state index in [-0.39, 0.29) is 11.5 Å². The molecule has 0 aliphatic heterocycles. The molecule has 0 saturated carbocycles. The zero-order valence-corrected chi connectivity index (χ0v) is 11.6. The standard InChI is InChI=1S/C15H18N2O2/c1-9(2)14-12(15(18)19)8-17(16-14)13-7-10(3)5-6-11(13)4/h5-9H,1-4H3,(H,18,19). The summed E-state index contributed by atoms with van der Waals surface area (Å²) in [6.45, 7) is 7.89. The maximum Gasteiger partial charge on any atom is 0.339 e. The Morgan fingerprint density at radius 3 is 2.53 bits per heavy atom. The van der Waals surface area contributed by atoms with E-state index in [1.807, 2.05) is 45.9 Å². The first-order valence-electron chi connectivity index (χ1n) is 6.30. The van der Waals surface area contributed by atoms with Crippen LogP contribution in [-0.2, 0) is 0 Å². The SMILES string of the molecule is Cc1ccc(C)c(-n2cc(C(=O)O)c(C(C)C)n2)c1. The maximum atomic E-state index is 11.3. The number of carboxylic acids is 1. The molecule has 0 saturated heterocycles. The molecule has 2 aromatic rings. The monoisotopic (exact) mass is 258 g/mol. The van der Waals surface area contributed by atoms with Crippen molar-refractivity contribution in [1.82, 2.24) is 9.78 Å². The summed E-state index contributed by atoms with van der Waals surface area (Å²) in [7, 11) is 0. The van der Waals surface area contributed by atoms with E-state index in [9.17, 15) is 9.90 Å². The maximum absolute atomic E-state index is 11.3. The van der Waals surface area contributed by atoms with Gasteiger partial charge in [-0.15, -0.1) is 0 Å². The molecule has 0 spiro atoms. The van der Waals surface area contributed by atoms with Gasteiger partial charge in [0.1, 0.15) is 5.56 Å². The van der Waals surface area contributed by atoms with Gasteiger partial charge < -0.3 is 5.11 Å². The zero-order chi connectivity index (χ0) is 14.2. The molecule has 19 heavy (non-hydrogen) atoms. The van der Waals surface area contributed by atoms with Crippen LogP contribution < -0.4 is 0 Å². The Hall–Kier alpha value is -2.10. The molecule has 0 radical (unpaired) electrons. The van der Waals surface area contributed by atoms with Crippen LogP contribution in [0.15, 0.2) is 24.4 Å². The number of carbonyl (C=O) groups is 1. The molecule has 1 aromatic heterocycles.